The first-order valence-electron chi connectivity index (χ1n) is 11.5. The van der Waals surface area contributed by atoms with Gasteiger partial charge in [0.15, 0.2) is 11.5 Å². The molecule has 0 radical (unpaired) electrons. The van der Waals surface area contributed by atoms with Crippen molar-refractivity contribution in [2.24, 2.45) is 0 Å². The number of amides is 4. The van der Waals surface area contributed by atoms with E-state index in [0.717, 1.165) is 11.6 Å². The Bertz CT molecular complexity index is 1690. The molecule has 14 heteroatoms. The maximum Gasteiger partial charge on any atom is 0.339 e. The molecule has 1 heterocycles. The van der Waals surface area contributed by atoms with Crippen LogP contribution in [0.5, 0.6) is 11.5 Å². The average molecular weight is 677 g/mol. The van der Waals surface area contributed by atoms with Crippen LogP contribution < -0.4 is 19.1 Å². The van der Waals surface area contributed by atoms with E-state index in [0.29, 0.717) is 8.47 Å². The van der Waals surface area contributed by atoms with Crippen molar-refractivity contribution < 1.29 is 36.6 Å². The summed E-state index contributed by atoms with van der Waals surface area (Å²) in [5, 5.41) is 13.2. The van der Waals surface area contributed by atoms with Crippen LogP contribution >= 0.6 is 22.6 Å². The maximum atomic E-state index is 13.2. The largest absolute Gasteiger partial charge is 0.490 e. The molecule has 1 N–H and O–H groups in total. The topological polar surface area (TPSA) is 162 Å². The van der Waals surface area contributed by atoms with Crippen LogP contribution in [0, 0.1) is 20.6 Å². The van der Waals surface area contributed by atoms with E-state index in [1.807, 2.05) is 34.8 Å². The minimum absolute atomic E-state index is 0.0345. The third kappa shape index (κ3) is 5.96. The fourth-order valence-electron chi connectivity index (χ4n) is 3.68. The van der Waals surface area contributed by atoms with Gasteiger partial charge in [-0.3, -0.25) is 25.0 Å². The van der Waals surface area contributed by atoms with Gasteiger partial charge in [0.2, 0.25) is 0 Å². The van der Waals surface area contributed by atoms with Crippen molar-refractivity contribution in [2.45, 2.75) is 18.7 Å². The Hall–Kier alpha value is -4.31. The van der Waals surface area contributed by atoms with Gasteiger partial charge >= 0.3 is 16.1 Å². The third-order valence-corrected chi connectivity index (χ3v) is 7.58. The zero-order chi connectivity index (χ0) is 29.2. The van der Waals surface area contributed by atoms with Gasteiger partial charge in [0.25, 0.3) is 17.5 Å². The standard InChI is InChI=1S/C26H20IN3O9S/c1-3-38-22-13-16(12-21(27)23(22)39-40(36,37)19-9-7-15(2)8-10-19)11-20-24(31)28-26(33)29(25(20)32)17-5-4-6-18(14-17)30(34)35/h4-14H,3H2,1-2H3,(H,28,31,33)/b20-11+. The van der Waals surface area contributed by atoms with Gasteiger partial charge in [-0.1, -0.05) is 23.8 Å². The van der Waals surface area contributed by atoms with Gasteiger partial charge in [0.05, 0.1) is 20.8 Å². The van der Waals surface area contributed by atoms with E-state index >= 15 is 0 Å². The first kappa shape index (κ1) is 28.7. The highest BCUT2D eigenvalue weighted by Crippen LogP contribution is 2.37. The maximum absolute atomic E-state index is 13.2. The van der Waals surface area contributed by atoms with Crippen LogP contribution in [0.3, 0.4) is 0 Å². The summed E-state index contributed by atoms with van der Waals surface area (Å²) in [7, 11) is -4.22. The molecule has 3 aromatic carbocycles. The second kappa shape index (κ2) is 11.4. The van der Waals surface area contributed by atoms with Crippen molar-refractivity contribution >= 4 is 68.0 Å². The van der Waals surface area contributed by atoms with Crippen molar-refractivity contribution in [1.29, 1.82) is 0 Å². The number of nitro benzene ring substituents is 1. The molecule has 0 unspecified atom stereocenters. The highest BCUT2D eigenvalue weighted by atomic mass is 127. The van der Waals surface area contributed by atoms with E-state index in [4.69, 9.17) is 8.92 Å². The van der Waals surface area contributed by atoms with Gasteiger partial charge in [0, 0.05) is 12.1 Å². The number of halogens is 1. The molecule has 3 aromatic rings. The minimum atomic E-state index is -4.22. The molecule has 1 saturated heterocycles. The van der Waals surface area contributed by atoms with E-state index in [1.165, 1.54) is 48.5 Å². The Morgan fingerprint density at radius 3 is 2.42 bits per heavy atom. The summed E-state index contributed by atoms with van der Waals surface area (Å²) in [5.74, 6) is -2.04. The number of rotatable bonds is 8. The number of hydrogen-bond acceptors (Lipinski definition) is 9. The van der Waals surface area contributed by atoms with Gasteiger partial charge in [0.1, 0.15) is 10.5 Å². The number of nitro groups is 1. The monoisotopic (exact) mass is 677 g/mol. The Kier molecular flexibility index (Phi) is 8.20. The molecule has 0 atom stereocenters. The number of benzene rings is 3. The number of carbonyl (C=O) groups excluding carboxylic acids is 3. The first-order chi connectivity index (χ1) is 18.9. The molecule has 4 rings (SSSR count). The molecule has 0 bridgehead atoms. The number of urea groups is 1. The van der Waals surface area contributed by atoms with Crippen LogP contribution in [0.1, 0.15) is 18.1 Å². The second-order valence-corrected chi connectivity index (χ2v) is 11.1. The molecule has 0 aliphatic carbocycles. The van der Waals surface area contributed by atoms with Crippen LogP contribution in [0.4, 0.5) is 16.2 Å². The Morgan fingerprint density at radius 1 is 1.07 bits per heavy atom. The highest BCUT2D eigenvalue weighted by Gasteiger charge is 2.37. The molecular weight excluding hydrogens is 657 g/mol. The lowest BCUT2D eigenvalue weighted by molar-refractivity contribution is -0.384. The predicted octanol–water partition coefficient (Wildman–Crippen LogP) is 4.34. The molecule has 40 heavy (non-hydrogen) atoms. The van der Waals surface area contributed by atoms with Crippen LogP contribution in [0.25, 0.3) is 6.08 Å². The molecule has 12 nitrogen and oxygen atoms in total. The molecule has 206 valence electrons. The number of anilines is 1. The van der Waals surface area contributed by atoms with Crippen LogP contribution in [0.15, 0.2) is 71.1 Å². The molecule has 1 fully saturated rings. The van der Waals surface area contributed by atoms with Crippen molar-refractivity contribution in [3.05, 3.63) is 91.0 Å². The summed E-state index contributed by atoms with van der Waals surface area (Å²) in [6.45, 7) is 3.64. The lowest BCUT2D eigenvalue weighted by Crippen LogP contribution is -2.54. The number of carbonyl (C=O) groups is 3. The van der Waals surface area contributed by atoms with E-state index in [9.17, 15) is 32.9 Å². The number of barbiturate groups is 1. The third-order valence-electron chi connectivity index (χ3n) is 5.55. The number of imide groups is 2. The van der Waals surface area contributed by atoms with Crippen LogP contribution in [-0.4, -0.2) is 37.8 Å². The fraction of sp³-hybridized carbons (Fsp3) is 0.115. The summed E-state index contributed by atoms with van der Waals surface area (Å²) in [4.78, 5) is 49.4. The smallest absolute Gasteiger partial charge is 0.339 e. The van der Waals surface area contributed by atoms with Gasteiger partial charge < -0.3 is 8.92 Å². The van der Waals surface area contributed by atoms with E-state index in [2.05, 4.69) is 0 Å². The number of nitrogens with zero attached hydrogens (tertiary/aromatic N) is 2. The number of ether oxygens (including phenoxy) is 1. The van der Waals surface area contributed by atoms with E-state index in [1.54, 1.807) is 19.1 Å². The summed E-state index contributed by atoms with van der Waals surface area (Å²) >= 11 is 1.83. The number of hydrogen-bond donors (Lipinski definition) is 1. The Labute approximate surface area is 242 Å². The molecule has 4 amide bonds. The number of aryl methyl sites for hydroxylation is 1. The van der Waals surface area contributed by atoms with Crippen LogP contribution in [0.2, 0.25) is 0 Å². The van der Waals surface area contributed by atoms with Crippen molar-refractivity contribution in [3.63, 3.8) is 0 Å². The summed E-state index contributed by atoms with van der Waals surface area (Å²) in [6, 6.07) is 12.7. The zero-order valence-electron chi connectivity index (χ0n) is 20.9. The van der Waals surface area contributed by atoms with Crippen molar-refractivity contribution in [2.75, 3.05) is 11.5 Å². The Morgan fingerprint density at radius 2 is 1.77 bits per heavy atom. The van der Waals surface area contributed by atoms with E-state index in [-0.39, 0.29) is 39.9 Å². The number of nitrogens with one attached hydrogen (secondary N) is 1. The van der Waals surface area contributed by atoms with Gasteiger partial charge in [-0.15, -0.1) is 0 Å². The van der Waals surface area contributed by atoms with Gasteiger partial charge in [-0.2, -0.15) is 8.42 Å². The molecule has 0 aromatic heterocycles. The molecule has 1 aliphatic rings. The number of non-ortho nitro benzene ring substituents is 1. The van der Waals surface area contributed by atoms with Crippen molar-refractivity contribution in [1.82, 2.24) is 5.32 Å². The summed E-state index contributed by atoms with van der Waals surface area (Å²) < 4.78 is 37.1. The average Bonchev–Trinajstić information content (AvgIpc) is 2.89. The highest BCUT2D eigenvalue weighted by molar-refractivity contribution is 14.1. The fourth-order valence-corrected chi connectivity index (χ4v) is 5.52. The molecule has 0 spiro atoms. The summed E-state index contributed by atoms with van der Waals surface area (Å²) in [5.41, 5.74) is 0.232. The van der Waals surface area contributed by atoms with Crippen LogP contribution in [-0.2, 0) is 19.7 Å². The molecular formula is C26H20IN3O9S. The SMILES string of the molecule is CCOc1cc(/C=C2\C(=O)NC(=O)N(c3cccc([N+](=O)[O-])c3)C2=O)cc(I)c1OS(=O)(=O)c1ccc(C)cc1. The lowest BCUT2D eigenvalue weighted by Gasteiger charge is -2.26. The van der Waals surface area contributed by atoms with Crippen molar-refractivity contribution in [3.8, 4) is 11.5 Å². The zero-order valence-corrected chi connectivity index (χ0v) is 23.9. The van der Waals surface area contributed by atoms with Gasteiger partial charge in [-0.05, 0) is 78.4 Å². The lowest BCUT2D eigenvalue weighted by atomic mass is 10.1. The van der Waals surface area contributed by atoms with E-state index < -0.39 is 38.5 Å². The second-order valence-electron chi connectivity index (χ2n) is 8.35. The normalized spacial score (nSPS) is 14.7. The predicted molar refractivity (Wildman–Crippen MR) is 151 cm³/mol. The first-order valence-corrected chi connectivity index (χ1v) is 14.0. The molecule has 0 saturated carbocycles. The molecule has 1 aliphatic heterocycles. The minimum Gasteiger partial charge on any atom is -0.490 e. The van der Waals surface area contributed by atoms with Gasteiger partial charge in [-0.25, -0.2) is 9.69 Å². The summed E-state index contributed by atoms with van der Waals surface area (Å²) in [6.07, 6.45) is 1.19. The Balaban J connectivity index is 1.72. The quantitative estimate of drug-likeness (QED) is 0.0913.